The minimum Gasteiger partial charge on any atom is -0.481 e. The van der Waals surface area contributed by atoms with Crippen LogP contribution in [0.2, 0.25) is 0 Å². The first kappa shape index (κ1) is 29.0. The van der Waals surface area contributed by atoms with Gasteiger partial charge < -0.3 is 29.5 Å². The van der Waals surface area contributed by atoms with Crippen LogP contribution in [0.3, 0.4) is 0 Å². The summed E-state index contributed by atoms with van der Waals surface area (Å²) in [6.45, 7) is 7.77. The number of likely N-dealkylation sites (tertiary alicyclic amines) is 1. The van der Waals surface area contributed by atoms with Gasteiger partial charge in [-0.1, -0.05) is 32.6 Å². The van der Waals surface area contributed by atoms with E-state index in [0.29, 0.717) is 47.8 Å². The van der Waals surface area contributed by atoms with Crippen LogP contribution in [0.25, 0.3) is 0 Å². The van der Waals surface area contributed by atoms with Crippen molar-refractivity contribution in [1.29, 1.82) is 0 Å². The number of amides is 3. The molecular weight excluding hydrogens is 506 g/mol. The van der Waals surface area contributed by atoms with Gasteiger partial charge in [-0.3, -0.25) is 10.1 Å². The molecule has 11 heteroatoms. The average Bonchev–Trinajstić information content (AvgIpc) is 2.91. The van der Waals surface area contributed by atoms with Crippen molar-refractivity contribution in [3.05, 3.63) is 60.7 Å². The summed E-state index contributed by atoms with van der Waals surface area (Å²) >= 11 is 0. The number of carbonyl (C=O) groups excluding carboxylic acids is 3. The van der Waals surface area contributed by atoms with Crippen LogP contribution in [0.4, 0.5) is 21.0 Å². The molecule has 2 aromatic carbocycles. The Morgan fingerprint density at radius 1 is 1.00 bits per heavy atom. The molecule has 39 heavy (non-hydrogen) atoms. The molecule has 1 unspecified atom stereocenters. The van der Waals surface area contributed by atoms with E-state index in [-0.39, 0.29) is 31.7 Å². The van der Waals surface area contributed by atoms with Crippen LogP contribution in [-0.4, -0.2) is 60.4 Å². The van der Waals surface area contributed by atoms with Gasteiger partial charge in [-0.15, -0.1) is 0 Å². The molecule has 0 spiro atoms. The molecule has 1 fully saturated rings. The predicted octanol–water partition coefficient (Wildman–Crippen LogP) is 5.11. The summed E-state index contributed by atoms with van der Waals surface area (Å²) in [5.41, 5.74) is 1.26. The number of aliphatic carboxylic acids is 1. The fourth-order valence-electron chi connectivity index (χ4n) is 3.73. The zero-order valence-electron chi connectivity index (χ0n) is 22.0. The first-order valence-electron chi connectivity index (χ1n) is 12.6. The number of rotatable bonds is 10. The zero-order chi connectivity index (χ0) is 28.4. The van der Waals surface area contributed by atoms with Crippen LogP contribution in [0.15, 0.2) is 60.7 Å². The summed E-state index contributed by atoms with van der Waals surface area (Å²) < 4.78 is 15.9. The van der Waals surface area contributed by atoms with E-state index in [1.54, 1.807) is 48.5 Å². The van der Waals surface area contributed by atoms with Crippen molar-refractivity contribution in [3.63, 3.8) is 0 Å². The van der Waals surface area contributed by atoms with Crippen LogP contribution >= 0.6 is 0 Å². The van der Waals surface area contributed by atoms with Gasteiger partial charge in [-0.25, -0.2) is 14.4 Å². The van der Waals surface area contributed by atoms with E-state index in [4.69, 9.17) is 14.2 Å². The van der Waals surface area contributed by atoms with Crippen LogP contribution in [0.1, 0.15) is 26.7 Å². The zero-order valence-corrected chi connectivity index (χ0v) is 22.0. The standard InChI is InChI=1S/C28H33N3O8/c1-18(2)19(3)26(34)37-13-14-38-28(36)30-22-9-5-11-24(16-22)39-23-10-4-8-21(15-23)29-27(35)31-12-6-7-20(17-31)25(32)33/h4-5,8-11,15-16,18,20H,3,6-7,12-14,17H2,1-2H3,(H,29,35)(H,30,36)(H,32,33). The Labute approximate surface area is 226 Å². The number of urea groups is 1. The van der Waals surface area contributed by atoms with Crippen molar-refractivity contribution < 1.29 is 38.5 Å². The van der Waals surface area contributed by atoms with Gasteiger partial charge in [0.25, 0.3) is 0 Å². The van der Waals surface area contributed by atoms with Gasteiger partial charge >= 0.3 is 24.1 Å². The smallest absolute Gasteiger partial charge is 0.411 e. The Morgan fingerprint density at radius 3 is 2.23 bits per heavy atom. The predicted molar refractivity (Wildman–Crippen MR) is 144 cm³/mol. The molecule has 0 bridgehead atoms. The molecule has 1 heterocycles. The second-order valence-corrected chi connectivity index (χ2v) is 9.29. The molecule has 1 saturated heterocycles. The number of anilines is 2. The summed E-state index contributed by atoms with van der Waals surface area (Å²) in [5.74, 6) is -1.16. The molecule has 0 aromatic heterocycles. The highest BCUT2D eigenvalue weighted by Gasteiger charge is 2.28. The highest BCUT2D eigenvalue weighted by atomic mass is 16.6. The summed E-state index contributed by atoms with van der Waals surface area (Å²) in [7, 11) is 0. The molecular formula is C28H33N3O8. The van der Waals surface area contributed by atoms with Crippen molar-refractivity contribution in [2.24, 2.45) is 11.8 Å². The van der Waals surface area contributed by atoms with E-state index in [9.17, 15) is 24.3 Å². The van der Waals surface area contributed by atoms with E-state index >= 15 is 0 Å². The Hall–Kier alpha value is -4.54. The van der Waals surface area contributed by atoms with Crippen molar-refractivity contribution >= 4 is 35.4 Å². The molecule has 208 valence electrons. The van der Waals surface area contributed by atoms with Crippen molar-refractivity contribution in [3.8, 4) is 11.5 Å². The van der Waals surface area contributed by atoms with Crippen molar-refractivity contribution in [1.82, 2.24) is 4.90 Å². The normalized spacial score (nSPS) is 14.7. The van der Waals surface area contributed by atoms with Gasteiger partial charge in [-0.2, -0.15) is 0 Å². The van der Waals surface area contributed by atoms with E-state index < -0.39 is 23.9 Å². The fraction of sp³-hybridized carbons (Fsp3) is 0.357. The number of hydrogen-bond acceptors (Lipinski definition) is 7. The lowest BCUT2D eigenvalue weighted by molar-refractivity contribution is -0.143. The molecule has 0 radical (unpaired) electrons. The quantitative estimate of drug-likeness (QED) is 0.215. The number of esters is 1. The molecule has 2 aromatic rings. The van der Waals surface area contributed by atoms with Crippen molar-refractivity contribution in [2.45, 2.75) is 26.7 Å². The Kier molecular flexibility index (Phi) is 10.3. The highest BCUT2D eigenvalue weighted by Crippen LogP contribution is 2.27. The van der Waals surface area contributed by atoms with E-state index in [0.717, 1.165) is 0 Å². The van der Waals surface area contributed by atoms with Crippen LogP contribution in [0.5, 0.6) is 11.5 Å². The maximum Gasteiger partial charge on any atom is 0.411 e. The third-order valence-corrected chi connectivity index (χ3v) is 5.97. The van der Waals surface area contributed by atoms with Crippen LogP contribution in [0, 0.1) is 11.8 Å². The van der Waals surface area contributed by atoms with Gasteiger partial charge in [-0.05, 0) is 43.0 Å². The summed E-state index contributed by atoms with van der Waals surface area (Å²) in [5, 5.41) is 14.6. The van der Waals surface area contributed by atoms with E-state index in [2.05, 4.69) is 17.2 Å². The first-order chi connectivity index (χ1) is 18.6. The summed E-state index contributed by atoms with van der Waals surface area (Å²) in [6.07, 6.45) is 0.463. The minimum atomic E-state index is -0.901. The number of hydrogen-bond donors (Lipinski definition) is 3. The number of benzene rings is 2. The number of nitrogens with zero attached hydrogens (tertiary/aromatic N) is 1. The first-order valence-corrected chi connectivity index (χ1v) is 12.6. The largest absolute Gasteiger partial charge is 0.481 e. The maximum absolute atomic E-state index is 12.6. The third kappa shape index (κ3) is 9.06. The molecule has 3 rings (SSSR count). The molecule has 3 N–H and O–H groups in total. The number of carboxylic acid groups (broad SMARTS) is 1. The molecule has 0 saturated carbocycles. The number of nitrogens with one attached hydrogen (secondary N) is 2. The molecule has 1 aliphatic rings. The topological polar surface area (TPSA) is 144 Å². The van der Waals surface area contributed by atoms with E-state index in [1.165, 1.54) is 4.90 Å². The van der Waals surface area contributed by atoms with Gasteiger partial charge in [0.1, 0.15) is 24.7 Å². The lowest BCUT2D eigenvalue weighted by Crippen LogP contribution is -2.44. The molecule has 3 amide bonds. The molecule has 0 aliphatic carbocycles. The van der Waals surface area contributed by atoms with Crippen LogP contribution < -0.4 is 15.4 Å². The Morgan fingerprint density at radius 2 is 1.62 bits per heavy atom. The minimum absolute atomic E-state index is 0.0365. The third-order valence-electron chi connectivity index (χ3n) is 5.97. The number of ether oxygens (including phenoxy) is 3. The van der Waals surface area contributed by atoms with Gasteiger partial charge in [0.2, 0.25) is 0 Å². The lowest BCUT2D eigenvalue weighted by Gasteiger charge is -2.30. The fourth-order valence-corrected chi connectivity index (χ4v) is 3.73. The average molecular weight is 540 g/mol. The maximum atomic E-state index is 12.6. The number of piperidine rings is 1. The highest BCUT2D eigenvalue weighted by molar-refractivity contribution is 5.90. The van der Waals surface area contributed by atoms with Gasteiger partial charge in [0, 0.05) is 42.2 Å². The summed E-state index contributed by atoms with van der Waals surface area (Å²) in [6, 6.07) is 13.0. The Balaban J connectivity index is 1.49. The van der Waals surface area contributed by atoms with Gasteiger partial charge in [0.15, 0.2) is 0 Å². The van der Waals surface area contributed by atoms with Gasteiger partial charge in [0.05, 0.1) is 5.92 Å². The van der Waals surface area contributed by atoms with Crippen LogP contribution in [-0.2, 0) is 19.1 Å². The number of carboxylic acids is 1. The molecule has 11 nitrogen and oxygen atoms in total. The Bertz CT molecular complexity index is 1210. The number of carbonyl (C=O) groups is 4. The monoisotopic (exact) mass is 539 g/mol. The second-order valence-electron chi connectivity index (χ2n) is 9.29. The summed E-state index contributed by atoms with van der Waals surface area (Å²) in [4.78, 5) is 49.3. The second kappa shape index (κ2) is 13.8. The SMILES string of the molecule is C=C(C(=O)OCCOC(=O)Nc1cccc(Oc2cccc(NC(=O)N3CCCC(C(=O)O)C3)c2)c1)C(C)C. The molecule has 1 aliphatic heterocycles. The molecule has 1 atom stereocenters. The van der Waals surface area contributed by atoms with E-state index in [1.807, 2.05) is 13.8 Å². The van der Waals surface area contributed by atoms with Crippen molar-refractivity contribution in [2.75, 3.05) is 36.9 Å². The lowest BCUT2D eigenvalue weighted by atomic mass is 9.99.